The Morgan fingerprint density at radius 2 is 1.30 bits per heavy atom. The standard InChI is InChI=1S/C14H28F3N4O2/c1-20(2,3)9-7-19(8-10-21(4,5)6)12(22)11-18-13(23)14(15,16)17/h7-11H2,1-6H3/q+1/p+1. The topological polar surface area (TPSA) is 49.4 Å². The summed E-state index contributed by atoms with van der Waals surface area (Å²) >= 11 is 0. The van der Waals surface area contributed by atoms with Gasteiger partial charge in [-0.3, -0.25) is 9.59 Å². The van der Waals surface area contributed by atoms with Crippen LogP contribution < -0.4 is 5.32 Å². The molecule has 0 heterocycles. The number of likely N-dealkylation sites (N-methyl/N-ethyl adjacent to an activating group) is 2. The Morgan fingerprint density at radius 3 is 1.61 bits per heavy atom. The van der Waals surface area contributed by atoms with E-state index in [0.717, 1.165) is 0 Å². The van der Waals surface area contributed by atoms with E-state index in [1.807, 2.05) is 42.3 Å². The molecule has 0 unspecified atom stereocenters. The van der Waals surface area contributed by atoms with Gasteiger partial charge in [-0.15, -0.1) is 0 Å². The van der Waals surface area contributed by atoms with Gasteiger partial charge in [0.15, 0.2) is 0 Å². The monoisotopic (exact) mass is 342 g/mol. The molecule has 2 amide bonds. The maximum absolute atomic E-state index is 12.2. The van der Waals surface area contributed by atoms with Gasteiger partial charge in [-0.1, -0.05) is 0 Å². The highest BCUT2D eigenvalue weighted by atomic mass is 19.4. The van der Waals surface area contributed by atoms with E-state index in [1.54, 1.807) is 5.32 Å². The van der Waals surface area contributed by atoms with Crippen molar-refractivity contribution in [1.82, 2.24) is 10.2 Å². The smallest absolute Gasteiger partial charge is 0.339 e. The number of nitrogens with one attached hydrogen (secondary N) is 1. The molecule has 0 fully saturated rings. The van der Waals surface area contributed by atoms with E-state index in [1.165, 1.54) is 4.90 Å². The first-order valence-electron chi connectivity index (χ1n) is 7.35. The van der Waals surface area contributed by atoms with Crippen molar-refractivity contribution in [3.8, 4) is 0 Å². The number of nitrogens with zero attached hydrogens (tertiary/aromatic N) is 3. The molecule has 0 spiro atoms. The molecule has 0 aliphatic heterocycles. The van der Waals surface area contributed by atoms with Crippen molar-refractivity contribution in [2.24, 2.45) is 0 Å². The number of amides is 2. The van der Waals surface area contributed by atoms with Crippen molar-refractivity contribution in [2.45, 2.75) is 6.18 Å². The molecule has 1 N–H and O–H groups in total. The van der Waals surface area contributed by atoms with Crippen molar-refractivity contribution in [3.05, 3.63) is 0 Å². The fourth-order valence-electron chi connectivity index (χ4n) is 1.57. The Balaban J connectivity index is 4.70. The first-order chi connectivity index (χ1) is 10.1. The molecule has 0 aliphatic carbocycles. The van der Waals surface area contributed by atoms with Gasteiger partial charge in [-0.2, -0.15) is 13.2 Å². The molecular weight excluding hydrogens is 313 g/mol. The molecule has 9 heteroatoms. The van der Waals surface area contributed by atoms with Crippen molar-refractivity contribution >= 4 is 11.8 Å². The number of quaternary nitrogens is 2. The number of rotatable bonds is 8. The summed E-state index contributed by atoms with van der Waals surface area (Å²) in [5.74, 6) is -2.60. The molecule has 0 aromatic carbocycles. The summed E-state index contributed by atoms with van der Waals surface area (Å²) in [5, 5.41) is 1.63. The molecule has 0 aliphatic rings. The van der Waals surface area contributed by atoms with Gasteiger partial charge < -0.3 is 19.2 Å². The Bertz CT molecular complexity index is 394. The second kappa shape index (κ2) is 7.96. The SMILES string of the molecule is C[N+](C)(C)CCN(CC[N+](C)(C)C)C(=O)CNC(=O)C(F)(F)F. The van der Waals surface area contributed by atoms with Crippen LogP contribution in [0.25, 0.3) is 0 Å². The van der Waals surface area contributed by atoms with Crippen LogP contribution in [0.4, 0.5) is 13.2 Å². The van der Waals surface area contributed by atoms with Crippen molar-refractivity contribution in [1.29, 1.82) is 0 Å². The van der Waals surface area contributed by atoms with E-state index in [2.05, 4.69) is 0 Å². The van der Waals surface area contributed by atoms with Gasteiger partial charge in [-0.25, -0.2) is 0 Å². The zero-order chi connectivity index (χ0) is 18.5. The molecule has 6 nitrogen and oxygen atoms in total. The quantitative estimate of drug-likeness (QED) is 0.627. The second-order valence-electron chi connectivity index (χ2n) is 7.59. The van der Waals surface area contributed by atoms with Gasteiger partial charge >= 0.3 is 12.1 Å². The summed E-state index contributed by atoms with van der Waals surface area (Å²) in [6.07, 6.45) is -4.98. The maximum atomic E-state index is 12.2. The summed E-state index contributed by atoms with van der Waals surface area (Å²) < 4.78 is 37.8. The summed E-state index contributed by atoms with van der Waals surface area (Å²) in [4.78, 5) is 24.5. The molecule has 0 saturated heterocycles. The van der Waals surface area contributed by atoms with Crippen LogP contribution in [0.1, 0.15) is 0 Å². The number of carbonyl (C=O) groups excluding carboxylic acids is 2. The van der Waals surface area contributed by atoms with E-state index in [4.69, 9.17) is 0 Å². The van der Waals surface area contributed by atoms with Gasteiger partial charge in [0.05, 0.1) is 75.0 Å². The van der Waals surface area contributed by atoms with Gasteiger partial charge in [0.25, 0.3) is 0 Å². The first kappa shape index (κ1) is 21.6. The minimum absolute atomic E-state index is 0.421. The van der Waals surface area contributed by atoms with E-state index in [0.29, 0.717) is 35.1 Å². The molecule has 0 radical (unpaired) electrons. The number of halogens is 3. The van der Waals surface area contributed by atoms with Crippen LogP contribution in [0, 0.1) is 0 Å². The third-order valence-electron chi connectivity index (χ3n) is 3.09. The fraction of sp³-hybridized carbons (Fsp3) is 0.857. The minimum atomic E-state index is -4.98. The van der Waals surface area contributed by atoms with E-state index in [9.17, 15) is 22.8 Å². The van der Waals surface area contributed by atoms with E-state index >= 15 is 0 Å². The Labute approximate surface area is 136 Å². The predicted molar refractivity (Wildman–Crippen MR) is 81.4 cm³/mol. The fourth-order valence-corrected chi connectivity index (χ4v) is 1.57. The Kier molecular flexibility index (Phi) is 7.49. The van der Waals surface area contributed by atoms with Gasteiger partial charge in [0, 0.05) is 0 Å². The lowest BCUT2D eigenvalue weighted by molar-refractivity contribution is -0.872. The lowest BCUT2D eigenvalue weighted by Crippen LogP contribution is -2.51. The van der Waals surface area contributed by atoms with Gasteiger partial charge in [-0.05, 0) is 0 Å². The molecule has 0 bridgehead atoms. The van der Waals surface area contributed by atoms with Crippen LogP contribution in [-0.2, 0) is 9.59 Å². The normalized spacial score (nSPS) is 12.9. The Morgan fingerprint density at radius 1 is 0.913 bits per heavy atom. The average Bonchev–Trinajstić information content (AvgIpc) is 2.31. The largest absolute Gasteiger partial charge is 0.471 e. The van der Waals surface area contributed by atoms with Crippen LogP contribution >= 0.6 is 0 Å². The third kappa shape index (κ3) is 10.9. The van der Waals surface area contributed by atoms with Crippen LogP contribution in [0.5, 0.6) is 0 Å². The maximum Gasteiger partial charge on any atom is 0.471 e. The van der Waals surface area contributed by atoms with Crippen LogP contribution in [0.2, 0.25) is 0 Å². The molecule has 0 aromatic rings. The first-order valence-corrected chi connectivity index (χ1v) is 7.35. The van der Waals surface area contributed by atoms with Crippen molar-refractivity contribution < 1.29 is 31.7 Å². The number of hydrogen-bond donors (Lipinski definition) is 1. The Hall–Kier alpha value is -1.35. The lowest BCUT2D eigenvalue weighted by atomic mass is 10.3. The molecular formula is C14H29F3N4O2+2. The minimum Gasteiger partial charge on any atom is -0.339 e. The summed E-state index contributed by atoms with van der Waals surface area (Å²) in [5.41, 5.74) is 0. The summed E-state index contributed by atoms with van der Waals surface area (Å²) in [6, 6.07) is 0. The van der Waals surface area contributed by atoms with Crippen LogP contribution in [0.3, 0.4) is 0 Å². The van der Waals surface area contributed by atoms with Gasteiger partial charge in [0.1, 0.15) is 0 Å². The summed E-state index contributed by atoms with van der Waals surface area (Å²) in [7, 11) is 11.8. The predicted octanol–water partition coefficient (Wildman–Crippen LogP) is -0.0941. The van der Waals surface area contributed by atoms with E-state index < -0.39 is 24.5 Å². The number of hydrogen-bond acceptors (Lipinski definition) is 2. The molecule has 136 valence electrons. The van der Waals surface area contributed by atoms with E-state index in [-0.39, 0.29) is 0 Å². The highest BCUT2D eigenvalue weighted by Crippen LogP contribution is 2.13. The second-order valence-corrected chi connectivity index (χ2v) is 7.59. The average molecular weight is 342 g/mol. The zero-order valence-electron chi connectivity index (χ0n) is 14.8. The third-order valence-corrected chi connectivity index (χ3v) is 3.09. The zero-order valence-corrected chi connectivity index (χ0v) is 14.8. The highest BCUT2D eigenvalue weighted by molar-refractivity contribution is 5.87. The summed E-state index contributed by atoms with van der Waals surface area (Å²) in [6.45, 7) is 1.52. The molecule has 0 atom stereocenters. The van der Waals surface area contributed by atoms with Crippen molar-refractivity contribution in [2.75, 3.05) is 75.0 Å². The molecule has 0 saturated carbocycles. The van der Waals surface area contributed by atoms with Crippen LogP contribution in [0.15, 0.2) is 0 Å². The lowest BCUT2D eigenvalue weighted by Gasteiger charge is -2.31. The molecule has 0 rings (SSSR count). The highest BCUT2D eigenvalue weighted by Gasteiger charge is 2.38. The number of alkyl halides is 3. The van der Waals surface area contributed by atoms with Crippen molar-refractivity contribution in [3.63, 3.8) is 0 Å². The molecule has 0 aromatic heterocycles. The molecule has 23 heavy (non-hydrogen) atoms. The van der Waals surface area contributed by atoms with Gasteiger partial charge in [0.2, 0.25) is 5.91 Å². The number of carbonyl (C=O) groups is 2. The van der Waals surface area contributed by atoms with Crippen LogP contribution in [-0.4, -0.2) is 107 Å².